The summed E-state index contributed by atoms with van der Waals surface area (Å²) in [4.78, 5) is 0. The van der Waals surface area contributed by atoms with Gasteiger partial charge in [0.2, 0.25) is 0 Å². The van der Waals surface area contributed by atoms with Crippen LogP contribution in [-0.2, 0) is 0 Å². The smallest absolute Gasteiger partial charge is 0.00696 e. The van der Waals surface area contributed by atoms with E-state index in [4.69, 9.17) is 0 Å². The molecule has 2 atom stereocenters. The van der Waals surface area contributed by atoms with E-state index in [-0.39, 0.29) is 0 Å². The average Bonchev–Trinajstić information content (AvgIpc) is 3.06. The van der Waals surface area contributed by atoms with Crippen LogP contribution in [0.4, 0.5) is 0 Å². The van der Waals surface area contributed by atoms with Crippen LogP contribution in [-0.4, -0.2) is 12.1 Å². The quantitative estimate of drug-likeness (QED) is 0.605. The van der Waals surface area contributed by atoms with Gasteiger partial charge < -0.3 is 5.32 Å². The van der Waals surface area contributed by atoms with Crippen LogP contribution < -0.4 is 5.32 Å². The number of nitrogens with one attached hydrogen (secondary N) is 1. The van der Waals surface area contributed by atoms with Gasteiger partial charge in [-0.25, -0.2) is 0 Å². The predicted molar refractivity (Wildman–Crippen MR) is 68.2 cm³/mol. The lowest BCUT2D eigenvalue weighted by Gasteiger charge is -2.24. The zero-order valence-corrected chi connectivity index (χ0v) is 10.9. The summed E-state index contributed by atoms with van der Waals surface area (Å²) in [7, 11) is 0. The molecule has 1 fully saturated rings. The molecule has 1 nitrogen and oxygen atoms in total. The van der Waals surface area contributed by atoms with E-state index in [9.17, 15) is 0 Å². The van der Waals surface area contributed by atoms with Gasteiger partial charge in [-0.3, -0.25) is 0 Å². The van der Waals surface area contributed by atoms with Gasteiger partial charge in [0, 0.05) is 12.1 Å². The van der Waals surface area contributed by atoms with Crippen molar-refractivity contribution in [3.63, 3.8) is 0 Å². The summed E-state index contributed by atoms with van der Waals surface area (Å²) in [5, 5.41) is 3.86. The van der Waals surface area contributed by atoms with E-state index in [2.05, 4.69) is 26.1 Å². The maximum atomic E-state index is 3.86. The lowest BCUT2D eigenvalue weighted by atomic mass is 10.0. The van der Waals surface area contributed by atoms with Crippen molar-refractivity contribution in [3.05, 3.63) is 0 Å². The van der Waals surface area contributed by atoms with Gasteiger partial charge >= 0.3 is 0 Å². The van der Waals surface area contributed by atoms with Gasteiger partial charge in [-0.05, 0) is 31.6 Å². The fraction of sp³-hybridized carbons (Fsp3) is 1.00. The van der Waals surface area contributed by atoms with Gasteiger partial charge in [-0.1, -0.05) is 46.5 Å². The molecule has 0 aromatic heterocycles. The standard InChI is InChI=1S/C14H29N/c1-4-7-8-13(5-2)15-14(6-3)11-12-9-10-12/h12-15H,4-11H2,1-3H3. The Morgan fingerprint density at radius 1 is 1.07 bits per heavy atom. The lowest BCUT2D eigenvalue weighted by molar-refractivity contribution is 0.358. The van der Waals surface area contributed by atoms with Crippen LogP contribution in [0.25, 0.3) is 0 Å². The number of rotatable bonds is 9. The molecule has 1 saturated carbocycles. The summed E-state index contributed by atoms with van der Waals surface area (Å²) in [5.41, 5.74) is 0. The maximum absolute atomic E-state index is 3.86. The molecular weight excluding hydrogens is 182 g/mol. The third-order valence-electron chi connectivity index (χ3n) is 3.68. The molecular formula is C14H29N. The third kappa shape index (κ3) is 5.55. The van der Waals surface area contributed by atoms with Crippen molar-refractivity contribution in [2.24, 2.45) is 5.92 Å². The molecule has 0 aromatic rings. The fourth-order valence-corrected chi connectivity index (χ4v) is 2.30. The van der Waals surface area contributed by atoms with E-state index >= 15 is 0 Å². The molecule has 2 unspecified atom stereocenters. The SMILES string of the molecule is CCCCC(CC)NC(CC)CC1CC1. The molecule has 0 spiro atoms. The van der Waals surface area contributed by atoms with Crippen LogP contribution in [0.15, 0.2) is 0 Å². The molecule has 90 valence electrons. The first-order valence-corrected chi connectivity index (χ1v) is 7.06. The molecule has 1 rings (SSSR count). The van der Waals surface area contributed by atoms with Crippen molar-refractivity contribution in [1.82, 2.24) is 5.32 Å². The number of unbranched alkanes of at least 4 members (excludes halogenated alkanes) is 1. The normalized spacial score (nSPS) is 20.2. The molecule has 0 bridgehead atoms. The highest BCUT2D eigenvalue weighted by atomic mass is 14.9. The van der Waals surface area contributed by atoms with Gasteiger partial charge in [0.25, 0.3) is 0 Å². The second-order valence-corrected chi connectivity index (χ2v) is 5.20. The second kappa shape index (κ2) is 7.27. The van der Waals surface area contributed by atoms with Crippen molar-refractivity contribution in [2.45, 2.75) is 84.2 Å². The van der Waals surface area contributed by atoms with Crippen LogP contribution in [0, 0.1) is 5.92 Å². The number of hydrogen-bond donors (Lipinski definition) is 1. The Morgan fingerprint density at radius 2 is 1.73 bits per heavy atom. The van der Waals surface area contributed by atoms with Crippen molar-refractivity contribution < 1.29 is 0 Å². The predicted octanol–water partition coefficient (Wildman–Crippen LogP) is 4.12. The van der Waals surface area contributed by atoms with Crippen LogP contribution in [0.1, 0.15) is 72.1 Å². The highest BCUT2D eigenvalue weighted by Gasteiger charge is 2.25. The average molecular weight is 211 g/mol. The minimum Gasteiger partial charge on any atom is -0.311 e. The summed E-state index contributed by atoms with van der Waals surface area (Å²) in [5.74, 6) is 1.06. The highest BCUT2D eigenvalue weighted by Crippen LogP contribution is 2.34. The van der Waals surface area contributed by atoms with E-state index in [1.54, 1.807) is 0 Å². The van der Waals surface area contributed by atoms with Crippen LogP contribution in [0.5, 0.6) is 0 Å². The largest absolute Gasteiger partial charge is 0.311 e. The summed E-state index contributed by atoms with van der Waals surface area (Å²) < 4.78 is 0. The first-order valence-electron chi connectivity index (χ1n) is 7.06. The Labute approximate surface area is 96.0 Å². The van der Waals surface area contributed by atoms with Crippen LogP contribution >= 0.6 is 0 Å². The minimum absolute atomic E-state index is 0.772. The molecule has 15 heavy (non-hydrogen) atoms. The fourth-order valence-electron chi connectivity index (χ4n) is 2.30. The molecule has 0 aliphatic heterocycles. The minimum atomic E-state index is 0.772. The van der Waals surface area contributed by atoms with E-state index < -0.39 is 0 Å². The summed E-state index contributed by atoms with van der Waals surface area (Å²) >= 11 is 0. The van der Waals surface area contributed by atoms with Crippen molar-refractivity contribution in [3.8, 4) is 0 Å². The molecule has 1 heteroatoms. The van der Waals surface area contributed by atoms with Crippen molar-refractivity contribution in [2.75, 3.05) is 0 Å². The highest BCUT2D eigenvalue weighted by molar-refractivity contribution is 4.81. The molecule has 0 radical (unpaired) electrons. The Morgan fingerprint density at radius 3 is 2.20 bits per heavy atom. The molecule has 1 aliphatic rings. The molecule has 1 aliphatic carbocycles. The lowest BCUT2D eigenvalue weighted by Crippen LogP contribution is -2.38. The molecule has 0 saturated heterocycles. The van der Waals surface area contributed by atoms with Gasteiger partial charge in [-0.2, -0.15) is 0 Å². The third-order valence-corrected chi connectivity index (χ3v) is 3.68. The molecule has 0 aromatic carbocycles. The van der Waals surface area contributed by atoms with Crippen molar-refractivity contribution >= 4 is 0 Å². The molecule has 0 heterocycles. The zero-order chi connectivity index (χ0) is 11.1. The van der Waals surface area contributed by atoms with Gasteiger partial charge in [0.15, 0.2) is 0 Å². The van der Waals surface area contributed by atoms with Gasteiger partial charge in [0.1, 0.15) is 0 Å². The summed E-state index contributed by atoms with van der Waals surface area (Å²) in [6.45, 7) is 6.93. The second-order valence-electron chi connectivity index (χ2n) is 5.20. The summed E-state index contributed by atoms with van der Waals surface area (Å²) in [6.07, 6.45) is 11.1. The first kappa shape index (κ1) is 13.0. The number of hydrogen-bond acceptors (Lipinski definition) is 1. The Kier molecular flexibility index (Phi) is 6.31. The topological polar surface area (TPSA) is 12.0 Å². The maximum Gasteiger partial charge on any atom is 0.00696 e. The monoisotopic (exact) mass is 211 g/mol. The van der Waals surface area contributed by atoms with Crippen LogP contribution in [0.3, 0.4) is 0 Å². The molecule has 1 N–H and O–H groups in total. The van der Waals surface area contributed by atoms with Crippen molar-refractivity contribution in [1.29, 1.82) is 0 Å². The van der Waals surface area contributed by atoms with E-state index in [1.807, 2.05) is 0 Å². The Bertz CT molecular complexity index is 151. The van der Waals surface area contributed by atoms with E-state index in [1.165, 1.54) is 51.4 Å². The Balaban J connectivity index is 2.19. The van der Waals surface area contributed by atoms with Gasteiger partial charge in [0.05, 0.1) is 0 Å². The van der Waals surface area contributed by atoms with E-state index in [0.717, 1.165) is 18.0 Å². The Hall–Kier alpha value is -0.0400. The van der Waals surface area contributed by atoms with E-state index in [0.29, 0.717) is 0 Å². The summed E-state index contributed by atoms with van der Waals surface area (Å²) in [6, 6.07) is 1.56. The zero-order valence-electron chi connectivity index (χ0n) is 10.9. The van der Waals surface area contributed by atoms with Crippen LogP contribution in [0.2, 0.25) is 0 Å². The molecule has 0 amide bonds. The first-order chi connectivity index (χ1) is 7.30. The van der Waals surface area contributed by atoms with Gasteiger partial charge in [-0.15, -0.1) is 0 Å².